The van der Waals surface area contributed by atoms with Gasteiger partial charge in [0.15, 0.2) is 10.9 Å². The van der Waals surface area contributed by atoms with Crippen molar-refractivity contribution in [3.05, 3.63) is 26.9 Å². The Hall–Kier alpha value is -1.50. The van der Waals surface area contributed by atoms with E-state index in [0.29, 0.717) is 12.3 Å². The van der Waals surface area contributed by atoms with Gasteiger partial charge in [0.05, 0.1) is 0 Å². The minimum absolute atomic E-state index is 0.0214. The highest BCUT2D eigenvalue weighted by molar-refractivity contribution is 5.10. The fourth-order valence-corrected chi connectivity index (χ4v) is 2.38. The Bertz CT molecular complexity index is 294. The second kappa shape index (κ2) is 3.02. The van der Waals surface area contributed by atoms with Crippen LogP contribution in [0.2, 0.25) is 0 Å². The van der Waals surface area contributed by atoms with Crippen LogP contribution in [0.5, 0.6) is 0 Å². The first-order valence-electron chi connectivity index (χ1n) is 4.37. The van der Waals surface area contributed by atoms with Crippen LogP contribution in [0.15, 0.2) is 28.0 Å². The van der Waals surface area contributed by atoms with E-state index in [0.717, 1.165) is 6.42 Å². The minimum Gasteiger partial charge on any atom is -0.0854 e. The summed E-state index contributed by atoms with van der Waals surface area (Å²) in [6.07, 6.45) is 5.35. The SMILES string of the molecule is O=N[N+](N=O)(N=O)C1CC2C=CC1C2. The molecule has 14 heavy (non-hydrogen) atoms. The predicted octanol–water partition coefficient (Wildman–Crippen LogP) is 1.81. The van der Waals surface area contributed by atoms with Gasteiger partial charge >= 0.3 is 0 Å². The number of rotatable bonds is 4. The maximum absolute atomic E-state index is 10.5. The third-order valence-corrected chi connectivity index (χ3v) is 3.05. The number of hydrogen-bond acceptors (Lipinski definition) is 6. The Kier molecular flexibility index (Phi) is 1.95. The van der Waals surface area contributed by atoms with Crippen molar-refractivity contribution in [3.63, 3.8) is 0 Å². The van der Waals surface area contributed by atoms with E-state index in [1.165, 1.54) is 0 Å². The summed E-state index contributed by atoms with van der Waals surface area (Å²) in [4.78, 5) is 30.0. The van der Waals surface area contributed by atoms with E-state index in [9.17, 15) is 14.7 Å². The lowest BCUT2D eigenvalue weighted by Crippen LogP contribution is -2.43. The molecular formula is C7H9N4O3+. The summed E-state index contributed by atoms with van der Waals surface area (Å²) in [7, 11) is 0. The fraction of sp³-hybridized carbons (Fsp3) is 0.714. The monoisotopic (exact) mass is 197 g/mol. The molecule has 0 N–H and O–H groups in total. The van der Waals surface area contributed by atoms with Crippen LogP contribution in [0.1, 0.15) is 12.8 Å². The first kappa shape index (κ1) is 9.07. The third kappa shape index (κ3) is 1.02. The molecule has 3 atom stereocenters. The van der Waals surface area contributed by atoms with E-state index < -0.39 is 10.9 Å². The molecule has 0 aliphatic heterocycles. The van der Waals surface area contributed by atoms with Crippen LogP contribution >= 0.6 is 0 Å². The fourth-order valence-electron chi connectivity index (χ4n) is 2.38. The molecule has 2 bridgehead atoms. The molecule has 0 aromatic carbocycles. The number of hydrogen-bond donors (Lipinski definition) is 0. The summed E-state index contributed by atoms with van der Waals surface area (Å²) >= 11 is 0. The van der Waals surface area contributed by atoms with E-state index in [1.807, 2.05) is 12.2 Å². The minimum atomic E-state index is -1.44. The second-order valence-corrected chi connectivity index (χ2v) is 3.71. The van der Waals surface area contributed by atoms with Crippen LogP contribution in [-0.4, -0.2) is 10.9 Å². The van der Waals surface area contributed by atoms with Crippen molar-refractivity contribution in [2.75, 3.05) is 0 Å². The molecule has 7 heteroatoms. The molecule has 2 aliphatic carbocycles. The summed E-state index contributed by atoms with van der Waals surface area (Å²) < 4.78 is 0. The van der Waals surface area contributed by atoms with E-state index in [1.54, 1.807) is 0 Å². The van der Waals surface area contributed by atoms with Gasteiger partial charge in [-0.3, -0.25) is 0 Å². The summed E-state index contributed by atoms with van der Waals surface area (Å²) in [6.45, 7) is 0. The second-order valence-electron chi connectivity index (χ2n) is 3.71. The Balaban J connectivity index is 2.29. The smallest absolute Gasteiger partial charge is 0.0854 e. The molecule has 0 aromatic rings. The molecule has 2 aliphatic rings. The van der Waals surface area contributed by atoms with Gasteiger partial charge in [-0.25, -0.2) is 0 Å². The van der Waals surface area contributed by atoms with Crippen molar-refractivity contribution in [2.24, 2.45) is 27.7 Å². The van der Waals surface area contributed by atoms with Gasteiger partial charge in [-0.1, -0.05) is 26.9 Å². The van der Waals surface area contributed by atoms with Gasteiger partial charge in [0.25, 0.3) is 0 Å². The van der Waals surface area contributed by atoms with Crippen molar-refractivity contribution in [1.82, 2.24) is 0 Å². The van der Waals surface area contributed by atoms with Crippen LogP contribution in [0.3, 0.4) is 0 Å². The number of fused-ring (bicyclic) bond motifs is 2. The third-order valence-electron chi connectivity index (χ3n) is 3.05. The molecular weight excluding hydrogens is 188 g/mol. The van der Waals surface area contributed by atoms with Gasteiger partial charge in [-0.15, -0.1) is 0 Å². The topological polar surface area (TPSA) is 88.3 Å². The highest BCUT2D eigenvalue weighted by Crippen LogP contribution is 2.45. The Morgan fingerprint density at radius 2 is 1.64 bits per heavy atom. The van der Waals surface area contributed by atoms with Crippen LogP contribution in [0, 0.1) is 26.6 Å². The number of nitroso groups, excluding NO2 is 3. The van der Waals surface area contributed by atoms with Gasteiger partial charge in [-0.2, -0.15) is 0 Å². The summed E-state index contributed by atoms with van der Waals surface area (Å²) in [5.41, 5.74) is 0. The molecule has 3 unspecified atom stereocenters. The van der Waals surface area contributed by atoms with E-state index >= 15 is 0 Å². The molecule has 2 rings (SSSR count). The lowest BCUT2D eigenvalue weighted by Gasteiger charge is -2.19. The Morgan fingerprint density at radius 3 is 2.00 bits per heavy atom. The molecule has 74 valence electrons. The molecule has 0 spiro atoms. The average Bonchev–Trinajstić information content (AvgIpc) is 2.83. The van der Waals surface area contributed by atoms with Gasteiger partial charge < -0.3 is 0 Å². The van der Waals surface area contributed by atoms with Crippen molar-refractivity contribution in [2.45, 2.75) is 18.9 Å². The summed E-state index contributed by atoms with van der Waals surface area (Å²) in [5, 5.41) is 7.36. The zero-order chi connectivity index (χ0) is 10.2. The van der Waals surface area contributed by atoms with E-state index in [4.69, 9.17) is 0 Å². The van der Waals surface area contributed by atoms with Gasteiger partial charge in [-0.05, 0) is 12.3 Å². The normalized spacial score (nSPS) is 34.4. The molecule has 7 nitrogen and oxygen atoms in total. The molecule has 0 amide bonds. The van der Waals surface area contributed by atoms with Crippen molar-refractivity contribution < 1.29 is 4.81 Å². The molecule has 0 saturated heterocycles. The molecule has 0 aromatic heterocycles. The lowest BCUT2D eigenvalue weighted by molar-refractivity contribution is -0.977. The van der Waals surface area contributed by atoms with Crippen molar-refractivity contribution in [1.29, 1.82) is 0 Å². The summed E-state index contributed by atoms with van der Waals surface area (Å²) in [6, 6.07) is -0.502. The largest absolute Gasteiger partial charge is 0.219 e. The maximum Gasteiger partial charge on any atom is 0.219 e. The number of nitrogens with zero attached hydrogens (tertiary/aromatic N) is 4. The number of quaternary nitrogens is 1. The zero-order valence-corrected chi connectivity index (χ0v) is 7.31. The molecule has 1 saturated carbocycles. The highest BCUT2D eigenvalue weighted by Gasteiger charge is 2.56. The molecule has 0 heterocycles. The van der Waals surface area contributed by atoms with Crippen LogP contribution in [0.25, 0.3) is 0 Å². The van der Waals surface area contributed by atoms with Crippen LogP contribution in [-0.2, 0) is 0 Å². The molecule has 0 radical (unpaired) electrons. The van der Waals surface area contributed by atoms with Gasteiger partial charge in [0, 0.05) is 12.3 Å². The Morgan fingerprint density at radius 1 is 1.00 bits per heavy atom. The zero-order valence-electron chi connectivity index (χ0n) is 7.31. The predicted molar refractivity (Wildman–Crippen MR) is 46.8 cm³/mol. The summed E-state index contributed by atoms with van der Waals surface area (Å²) in [5.74, 6) is 0.348. The standard InChI is InChI=1S/C7H9N4O3/c12-8-11(9-13,10-14)7-4-5-1-2-6(7)3-5/h1-2,5-7H,3-4H2/q+1. The highest BCUT2D eigenvalue weighted by atomic mass is 16.5. The maximum atomic E-state index is 10.5. The molecule has 1 fully saturated rings. The van der Waals surface area contributed by atoms with Crippen molar-refractivity contribution >= 4 is 0 Å². The van der Waals surface area contributed by atoms with E-state index in [2.05, 4.69) is 15.9 Å². The lowest BCUT2D eigenvalue weighted by atomic mass is 10.0. The van der Waals surface area contributed by atoms with Gasteiger partial charge in [0.2, 0.25) is 15.9 Å². The van der Waals surface area contributed by atoms with E-state index in [-0.39, 0.29) is 5.92 Å². The first-order chi connectivity index (χ1) is 6.75. The van der Waals surface area contributed by atoms with Crippen LogP contribution < -0.4 is 0 Å². The van der Waals surface area contributed by atoms with Gasteiger partial charge in [0.1, 0.15) is 0 Å². The average molecular weight is 197 g/mol. The van der Waals surface area contributed by atoms with Crippen molar-refractivity contribution in [3.8, 4) is 0 Å². The first-order valence-corrected chi connectivity index (χ1v) is 4.37. The Labute approximate surface area is 79.2 Å². The quantitative estimate of drug-likeness (QED) is 0.298. The number of allylic oxidation sites excluding steroid dienone is 1. The van der Waals surface area contributed by atoms with Crippen LogP contribution in [0.4, 0.5) is 0 Å².